The molecule has 8 nitrogen and oxygen atoms in total. The van der Waals surface area contributed by atoms with E-state index in [0.717, 1.165) is 50.8 Å². The lowest BCUT2D eigenvalue weighted by molar-refractivity contribution is -0.122. The van der Waals surface area contributed by atoms with Crippen molar-refractivity contribution in [2.24, 2.45) is 5.92 Å². The lowest BCUT2D eigenvalue weighted by atomic mass is 9.85. The predicted molar refractivity (Wildman–Crippen MR) is 110 cm³/mol. The first-order chi connectivity index (χ1) is 14.6. The van der Waals surface area contributed by atoms with Gasteiger partial charge in [0.25, 0.3) is 5.91 Å². The van der Waals surface area contributed by atoms with Crippen LogP contribution < -0.4 is 10.6 Å². The maximum absolute atomic E-state index is 12.7. The van der Waals surface area contributed by atoms with Crippen LogP contribution in [-0.4, -0.2) is 34.7 Å². The number of nitrogens with one attached hydrogen (secondary N) is 2. The lowest BCUT2D eigenvalue weighted by Gasteiger charge is -2.24. The molecule has 30 heavy (non-hydrogen) atoms. The number of esters is 1. The number of methoxy groups -OCH3 is 1. The minimum absolute atomic E-state index is 0.00474. The number of carbonyl (C=O) groups excluding carboxylic acids is 3. The molecule has 2 N–H and O–H groups in total. The fourth-order valence-electron chi connectivity index (χ4n) is 3.93. The maximum atomic E-state index is 12.7. The van der Waals surface area contributed by atoms with E-state index >= 15 is 0 Å². The first-order valence-corrected chi connectivity index (χ1v) is 10.4. The number of aromatic nitrogens is 2. The molecule has 1 saturated carbocycles. The Bertz CT molecular complexity index is 978. The van der Waals surface area contributed by atoms with Crippen LogP contribution in [0.25, 0.3) is 0 Å². The molecule has 0 radical (unpaired) electrons. The minimum atomic E-state index is -0.428. The summed E-state index contributed by atoms with van der Waals surface area (Å²) in [5, 5.41) is 10.2. The molecular weight excluding hydrogens is 384 g/mol. The monoisotopic (exact) mass is 410 g/mol. The van der Waals surface area contributed by atoms with Crippen molar-refractivity contribution in [2.45, 2.75) is 51.6 Å². The molecule has 0 atom stereocenters. The number of benzene rings is 1. The van der Waals surface area contributed by atoms with E-state index in [1.165, 1.54) is 7.11 Å². The van der Waals surface area contributed by atoms with Gasteiger partial charge in [-0.05, 0) is 50.3 Å². The summed E-state index contributed by atoms with van der Waals surface area (Å²) < 4.78 is 6.77. The Morgan fingerprint density at radius 3 is 2.77 bits per heavy atom. The van der Waals surface area contributed by atoms with Crippen molar-refractivity contribution in [2.75, 3.05) is 12.4 Å². The second-order valence-corrected chi connectivity index (χ2v) is 7.82. The first kappa shape index (κ1) is 20.1. The van der Waals surface area contributed by atoms with Gasteiger partial charge in [-0.1, -0.05) is 12.5 Å². The minimum Gasteiger partial charge on any atom is -0.465 e. The molecule has 1 aromatic carbocycles. The summed E-state index contributed by atoms with van der Waals surface area (Å²) in [5.74, 6) is -0.643. The molecular formula is C22H26N4O4. The maximum Gasteiger partial charge on any atom is 0.341 e. The number of hydrogen-bond donors (Lipinski definition) is 2. The van der Waals surface area contributed by atoms with E-state index in [4.69, 9.17) is 4.74 Å². The molecule has 2 amide bonds. The highest BCUT2D eigenvalue weighted by Crippen LogP contribution is 2.27. The molecule has 1 aromatic heterocycles. The molecule has 1 aliphatic heterocycles. The summed E-state index contributed by atoms with van der Waals surface area (Å²) in [6.07, 6.45) is 5.72. The number of anilines is 1. The van der Waals surface area contributed by atoms with Gasteiger partial charge in [0.15, 0.2) is 0 Å². The van der Waals surface area contributed by atoms with Gasteiger partial charge in [0.2, 0.25) is 5.91 Å². The quantitative estimate of drug-likeness (QED) is 0.713. The van der Waals surface area contributed by atoms with Crippen molar-refractivity contribution in [1.29, 1.82) is 0 Å². The number of carbonyl (C=O) groups is 3. The molecule has 2 aliphatic rings. The number of ether oxygens (including phenoxy) is 1. The van der Waals surface area contributed by atoms with Gasteiger partial charge in [-0.2, -0.15) is 5.10 Å². The van der Waals surface area contributed by atoms with Crippen LogP contribution in [0.2, 0.25) is 0 Å². The fraction of sp³-hybridized carbons (Fsp3) is 0.455. The number of fused-ring (bicyclic) bond motifs is 1. The first-order valence-electron chi connectivity index (χ1n) is 10.4. The van der Waals surface area contributed by atoms with Crippen molar-refractivity contribution in [3.8, 4) is 0 Å². The van der Waals surface area contributed by atoms with Crippen LogP contribution in [0.4, 0.5) is 5.69 Å². The van der Waals surface area contributed by atoms with E-state index in [-0.39, 0.29) is 24.3 Å². The zero-order valence-corrected chi connectivity index (χ0v) is 17.1. The molecule has 0 unspecified atom stereocenters. The molecule has 4 rings (SSSR count). The van der Waals surface area contributed by atoms with Gasteiger partial charge in [0.1, 0.15) is 5.56 Å². The molecule has 0 spiro atoms. The summed E-state index contributed by atoms with van der Waals surface area (Å²) in [7, 11) is 1.35. The molecule has 1 fully saturated rings. The molecule has 0 bridgehead atoms. The van der Waals surface area contributed by atoms with Crippen molar-refractivity contribution in [3.05, 3.63) is 46.8 Å². The third-order valence-corrected chi connectivity index (χ3v) is 5.84. The normalized spacial score (nSPS) is 15.6. The fourth-order valence-corrected chi connectivity index (χ4v) is 3.93. The summed E-state index contributed by atoms with van der Waals surface area (Å²) in [6.45, 7) is 0.887. The zero-order chi connectivity index (χ0) is 21.1. The van der Waals surface area contributed by atoms with Gasteiger partial charge >= 0.3 is 5.97 Å². The van der Waals surface area contributed by atoms with E-state index in [1.807, 2.05) is 4.68 Å². The van der Waals surface area contributed by atoms with Crippen molar-refractivity contribution >= 4 is 23.5 Å². The van der Waals surface area contributed by atoms with Gasteiger partial charge in [-0.15, -0.1) is 0 Å². The van der Waals surface area contributed by atoms with Crippen LogP contribution in [0.5, 0.6) is 0 Å². The van der Waals surface area contributed by atoms with Crippen molar-refractivity contribution in [3.63, 3.8) is 0 Å². The zero-order valence-electron chi connectivity index (χ0n) is 17.1. The van der Waals surface area contributed by atoms with Crippen LogP contribution in [0.3, 0.4) is 0 Å². The van der Waals surface area contributed by atoms with Crippen LogP contribution in [0, 0.1) is 5.92 Å². The summed E-state index contributed by atoms with van der Waals surface area (Å²) in [4.78, 5) is 37.1. The Morgan fingerprint density at radius 1 is 1.20 bits per heavy atom. The highest BCUT2D eigenvalue weighted by Gasteiger charge is 2.27. The third-order valence-electron chi connectivity index (χ3n) is 5.84. The van der Waals surface area contributed by atoms with E-state index in [9.17, 15) is 14.4 Å². The van der Waals surface area contributed by atoms with Gasteiger partial charge in [0.05, 0.1) is 25.0 Å². The van der Waals surface area contributed by atoms with Crippen LogP contribution in [-0.2, 0) is 29.0 Å². The van der Waals surface area contributed by atoms with Crippen LogP contribution in [0.1, 0.15) is 64.2 Å². The Hall–Kier alpha value is -3.16. The topological polar surface area (TPSA) is 102 Å². The molecule has 0 saturated heterocycles. The second kappa shape index (κ2) is 8.69. The van der Waals surface area contributed by atoms with E-state index < -0.39 is 5.97 Å². The van der Waals surface area contributed by atoms with Gasteiger partial charge in [-0.25, -0.2) is 4.79 Å². The number of aryl methyl sites for hydroxylation is 1. The lowest BCUT2D eigenvalue weighted by Crippen LogP contribution is -2.28. The van der Waals surface area contributed by atoms with Crippen molar-refractivity contribution < 1.29 is 19.1 Å². The Balaban J connectivity index is 1.45. The Kier molecular flexibility index (Phi) is 5.83. The third kappa shape index (κ3) is 4.08. The Morgan fingerprint density at radius 2 is 2.03 bits per heavy atom. The molecule has 8 heteroatoms. The van der Waals surface area contributed by atoms with E-state index in [1.54, 1.807) is 24.3 Å². The van der Waals surface area contributed by atoms with Gasteiger partial charge in [0, 0.05) is 23.7 Å². The van der Waals surface area contributed by atoms with Crippen LogP contribution in [0.15, 0.2) is 24.3 Å². The van der Waals surface area contributed by atoms with Crippen molar-refractivity contribution in [1.82, 2.24) is 15.1 Å². The molecule has 1 aliphatic carbocycles. The largest absolute Gasteiger partial charge is 0.465 e. The summed E-state index contributed by atoms with van der Waals surface area (Å²) in [5.41, 5.74) is 2.89. The van der Waals surface area contributed by atoms with Gasteiger partial charge in [-0.3, -0.25) is 14.3 Å². The number of rotatable bonds is 6. The van der Waals surface area contributed by atoms with E-state index in [0.29, 0.717) is 22.5 Å². The highest BCUT2D eigenvalue weighted by molar-refractivity contribution is 5.98. The standard InChI is InChI=1S/C22H26N4O4/c1-30-22(29)19-17(25-26-11-3-2-10-18(19)26)13-23-20(27)15-8-5-9-16(12-15)24-21(28)14-6-4-7-14/h5,8-9,12,14H,2-4,6-7,10-11,13H2,1H3,(H,23,27)(H,24,28). The number of nitrogens with zero attached hydrogens (tertiary/aromatic N) is 2. The number of hydrogen-bond acceptors (Lipinski definition) is 5. The Labute approximate surface area is 175 Å². The molecule has 158 valence electrons. The van der Waals surface area contributed by atoms with Crippen LogP contribution >= 0.6 is 0 Å². The highest BCUT2D eigenvalue weighted by atomic mass is 16.5. The second-order valence-electron chi connectivity index (χ2n) is 7.82. The molecule has 2 aromatic rings. The number of amides is 2. The predicted octanol–water partition coefficient (Wildman–Crippen LogP) is 2.67. The SMILES string of the molecule is COC(=O)c1c(CNC(=O)c2cccc(NC(=O)C3CCC3)c2)nn2c1CCCC2. The van der Waals surface area contributed by atoms with E-state index in [2.05, 4.69) is 15.7 Å². The molecule has 2 heterocycles. The summed E-state index contributed by atoms with van der Waals surface area (Å²) in [6, 6.07) is 6.85. The summed E-state index contributed by atoms with van der Waals surface area (Å²) >= 11 is 0. The van der Waals surface area contributed by atoms with Gasteiger partial charge < -0.3 is 15.4 Å². The average Bonchev–Trinajstić information content (AvgIpc) is 3.08. The smallest absolute Gasteiger partial charge is 0.341 e. The average molecular weight is 410 g/mol.